The standard InChI is InChI=1S/C11H26N2O2S2/c1-5-12-8-6-7-9-17(14,15)13(3)11(2)10-16-4/h11-12H,5-10H2,1-4H3. The van der Waals surface area contributed by atoms with Crippen LogP contribution in [0.2, 0.25) is 0 Å². The number of thioether (sulfide) groups is 1. The van der Waals surface area contributed by atoms with Gasteiger partial charge >= 0.3 is 0 Å². The summed E-state index contributed by atoms with van der Waals surface area (Å²) in [4.78, 5) is 0. The molecule has 104 valence electrons. The molecule has 0 aliphatic rings. The van der Waals surface area contributed by atoms with Gasteiger partial charge in [0.2, 0.25) is 10.0 Å². The van der Waals surface area contributed by atoms with Crippen molar-refractivity contribution in [3.05, 3.63) is 0 Å². The van der Waals surface area contributed by atoms with Gasteiger partial charge in [-0.1, -0.05) is 6.92 Å². The first-order valence-corrected chi connectivity index (χ1v) is 9.11. The molecule has 0 aliphatic carbocycles. The van der Waals surface area contributed by atoms with Gasteiger partial charge in [-0.2, -0.15) is 11.8 Å². The summed E-state index contributed by atoms with van der Waals surface area (Å²) in [5.74, 6) is 1.10. The second-order valence-corrected chi connectivity index (χ2v) is 7.26. The zero-order valence-corrected chi connectivity index (χ0v) is 13.0. The van der Waals surface area contributed by atoms with Crippen LogP contribution < -0.4 is 5.32 Å². The molecule has 0 aromatic rings. The van der Waals surface area contributed by atoms with Gasteiger partial charge in [0.05, 0.1) is 5.75 Å². The Labute approximate surface area is 111 Å². The summed E-state index contributed by atoms with van der Waals surface area (Å²) in [6.07, 6.45) is 3.64. The van der Waals surface area contributed by atoms with Gasteiger partial charge in [-0.05, 0) is 39.1 Å². The minimum Gasteiger partial charge on any atom is -0.317 e. The summed E-state index contributed by atoms with van der Waals surface area (Å²) in [7, 11) is -1.40. The molecule has 0 amide bonds. The fraction of sp³-hybridized carbons (Fsp3) is 1.00. The van der Waals surface area contributed by atoms with E-state index < -0.39 is 10.0 Å². The van der Waals surface area contributed by atoms with E-state index in [1.807, 2.05) is 13.2 Å². The van der Waals surface area contributed by atoms with Gasteiger partial charge in [-0.25, -0.2) is 12.7 Å². The predicted molar refractivity (Wildman–Crippen MR) is 77.2 cm³/mol. The Hall–Kier alpha value is 0.220. The first kappa shape index (κ1) is 17.2. The fourth-order valence-corrected chi connectivity index (χ4v) is 3.76. The van der Waals surface area contributed by atoms with E-state index in [0.29, 0.717) is 0 Å². The maximum atomic E-state index is 12.0. The Kier molecular flexibility index (Phi) is 9.31. The lowest BCUT2D eigenvalue weighted by molar-refractivity contribution is 0.413. The van der Waals surface area contributed by atoms with Crippen LogP contribution in [0.4, 0.5) is 0 Å². The fourth-order valence-electron chi connectivity index (χ4n) is 1.48. The van der Waals surface area contributed by atoms with Crippen LogP contribution in [0.1, 0.15) is 26.7 Å². The summed E-state index contributed by atoms with van der Waals surface area (Å²) in [6, 6.07) is 0.0729. The molecule has 1 unspecified atom stereocenters. The van der Waals surface area contributed by atoms with E-state index in [0.717, 1.165) is 31.7 Å². The van der Waals surface area contributed by atoms with Gasteiger partial charge in [-0.3, -0.25) is 0 Å². The molecule has 0 saturated carbocycles. The highest BCUT2D eigenvalue weighted by molar-refractivity contribution is 7.98. The topological polar surface area (TPSA) is 49.4 Å². The van der Waals surface area contributed by atoms with Gasteiger partial charge in [0.1, 0.15) is 0 Å². The molecule has 0 bridgehead atoms. The number of unbranched alkanes of at least 4 members (excludes halogenated alkanes) is 1. The third kappa shape index (κ3) is 7.28. The average Bonchev–Trinajstić information content (AvgIpc) is 2.28. The SMILES string of the molecule is CCNCCCCS(=O)(=O)N(C)C(C)CSC. The van der Waals surface area contributed by atoms with E-state index in [-0.39, 0.29) is 11.8 Å². The lowest BCUT2D eigenvalue weighted by atomic mass is 10.3. The van der Waals surface area contributed by atoms with Crippen molar-refractivity contribution in [3.63, 3.8) is 0 Å². The van der Waals surface area contributed by atoms with Gasteiger partial charge in [0.25, 0.3) is 0 Å². The first-order chi connectivity index (χ1) is 7.95. The molecule has 0 spiro atoms. The van der Waals surface area contributed by atoms with Crippen molar-refractivity contribution < 1.29 is 8.42 Å². The molecule has 0 aromatic heterocycles. The maximum Gasteiger partial charge on any atom is 0.214 e. The Balaban J connectivity index is 4.01. The first-order valence-electron chi connectivity index (χ1n) is 6.11. The van der Waals surface area contributed by atoms with Crippen LogP contribution in [0.25, 0.3) is 0 Å². The molecule has 0 aliphatic heterocycles. The van der Waals surface area contributed by atoms with Gasteiger partial charge < -0.3 is 5.32 Å². The summed E-state index contributed by atoms with van der Waals surface area (Å²) in [5, 5.41) is 3.20. The summed E-state index contributed by atoms with van der Waals surface area (Å²) in [5.41, 5.74) is 0. The van der Waals surface area contributed by atoms with E-state index in [2.05, 4.69) is 12.2 Å². The van der Waals surface area contributed by atoms with Crippen LogP contribution in [0.15, 0.2) is 0 Å². The number of nitrogens with zero attached hydrogens (tertiary/aromatic N) is 1. The second kappa shape index (κ2) is 9.19. The Morgan fingerprint density at radius 3 is 2.53 bits per heavy atom. The van der Waals surface area contributed by atoms with Crippen molar-refractivity contribution >= 4 is 21.8 Å². The highest BCUT2D eigenvalue weighted by Crippen LogP contribution is 2.10. The number of nitrogens with one attached hydrogen (secondary N) is 1. The molecule has 1 atom stereocenters. The van der Waals surface area contributed by atoms with Crippen molar-refractivity contribution in [2.45, 2.75) is 32.7 Å². The maximum absolute atomic E-state index is 12.0. The van der Waals surface area contributed by atoms with Crippen molar-refractivity contribution in [2.24, 2.45) is 0 Å². The highest BCUT2D eigenvalue weighted by atomic mass is 32.2. The van der Waals surface area contributed by atoms with Crippen LogP contribution in [0.5, 0.6) is 0 Å². The summed E-state index contributed by atoms with van der Waals surface area (Å²) >= 11 is 1.67. The number of hydrogen-bond acceptors (Lipinski definition) is 4. The molecule has 0 rings (SSSR count). The number of rotatable bonds is 10. The molecule has 0 saturated heterocycles. The van der Waals surface area contributed by atoms with Crippen LogP contribution in [0.3, 0.4) is 0 Å². The normalized spacial score (nSPS) is 14.2. The van der Waals surface area contributed by atoms with Crippen molar-refractivity contribution in [1.29, 1.82) is 0 Å². The summed E-state index contributed by atoms with van der Waals surface area (Å²) in [6.45, 7) is 5.84. The van der Waals surface area contributed by atoms with E-state index in [9.17, 15) is 8.42 Å². The lowest BCUT2D eigenvalue weighted by Crippen LogP contribution is -2.38. The third-order valence-electron chi connectivity index (χ3n) is 2.72. The van der Waals surface area contributed by atoms with E-state index in [4.69, 9.17) is 0 Å². The molecule has 6 heteroatoms. The quantitative estimate of drug-likeness (QED) is 0.615. The van der Waals surface area contributed by atoms with Crippen molar-refractivity contribution in [3.8, 4) is 0 Å². The van der Waals surface area contributed by atoms with Crippen LogP contribution in [0, 0.1) is 0 Å². The van der Waals surface area contributed by atoms with E-state index in [1.165, 1.54) is 4.31 Å². The Morgan fingerprint density at radius 1 is 1.35 bits per heavy atom. The van der Waals surface area contributed by atoms with Crippen LogP contribution >= 0.6 is 11.8 Å². The second-order valence-electron chi connectivity index (χ2n) is 4.20. The van der Waals surface area contributed by atoms with E-state index in [1.54, 1.807) is 18.8 Å². The van der Waals surface area contributed by atoms with Crippen molar-refractivity contribution in [2.75, 3.05) is 37.9 Å². The molecule has 1 N–H and O–H groups in total. The molecule has 4 nitrogen and oxygen atoms in total. The molecular weight excluding hydrogens is 256 g/mol. The average molecular weight is 282 g/mol. The molecule has 0 radical (unpaired) electrons. The monoisotopic (exact) mass is 282 g/mol. The predicted octanol–water partition coefficient (Wildman–Crippen LogP) is 1.39. The summed E-state index contributed by atoms with van der Waals surface area (Å²) < 4.78 is 25.5. The number of hydrogen-bond donors (Lipinski definition) is 1. The lowest BCUT2D eigenvalue weighted by Gasteiger charge is -2.23. The van der Waals surface area contributed by atoms with Crippen molar-refractivity contribution in [1.82, 2.24) is 9.62 Å². The molecule has 0 aromatic carbocycles. The van der Waals surface area contributed by atoms with E-state index >= 15 is 0 Å². The molecule has 0 fully saturated rings. The molecule has 0 heterocycles. The van der Waals surface area contributed by atoms with Crippen LogP contribution in [-0.2, 0) is 10.0 Å². The van der Waals surface area contributed by atoms with Gasteiger partial charge in [-0.15, -0.1) is 0 Å². The minimum atomic E-state index is -3.08. The molecular formula is C11H26N2O2S2. The zero-order valence-electron chi connectivity index (χ0n) is 11.4. The third-order valence-corrected chi connectivity index (χ3v) is 5.58. The van der Waals surface area contributed by atoms with Crippen LogP contribution in [-0.4, -0.2) is 56.7 Å². The smallest absolute Gasteiger partial charge is 0.214 e. The zero-order chi connectivity index (χ0) is 13.3. The van der Waals surface area contributed by atoms with Gasteiger partial charge in [0, 0.05) is 18.8 Å². The highest BCUT2D eigenvalue weighted by Gasteiger charge is 2.22. The number of sulfonamides is 1. The largest absolute Gasteiger partial charge is 0.317 e. The minimum absolute atomic E-state index is 0.0729. The Bertz CT molecular complexity index is 281. The Morgan fingerprint density at radius 2 is 2.00 bits per heavy atom. The molecule has 17 heavy (non-hydrogen) atoms. The van der Waals surface area contributed by atoms with Gasteiger partial charge in [0.15, 0.2) is 0 Å².